The minimum absolute atomic E-state index is 0.262. The van der Waals surface area contributed by atoms with Gasteiger partial charge in [-0.2, -0.15) is 13.2 Å². The van der Waals surface area contributed by atoms with Crippen LogP contribution in [0.4, 0.5) is 22.0 Å². The van der Waals surface area contributed by atoms with Crippen LogP contribution in [0.15, 0.2) is 18.2 Å². The van der Waals surface area contributed by atoms with E-state index < -0.39 is 42.1 Å². The standard InChI is InChI=1S/C10H7F5O3/c11-5-1-2-6(7(12)3-5)9(10(13,14)15)18-4-8(16)17/h1-3,9H,4H2,(H,16,17)/t9-/m1/s1. The van der Waals surface area contributed by atoms with E-state index in [0.29, 0.717) is 12.1 Å². The second-order valence-electron chi connectivity index (χ2n) is 3.29. The van der Waals surface area contributed by atoms with Crippen molar-refractivity contribution in [2.75, 3.05) is 6.61 Å². The topological polar surface area (TPSA) is 46.5 Å². The first kappa shape index (κ1) is 14.4. The van der Waals surface area contributed by atoms with Crippen LogP contribution >= 0.6 is 0 Å². The van der Waals surface area contributed by atoms with Crippen LogP contribution in [0.1, 0.15) is 11.7 Å². The number of hydrogen-bond acceptors (Lipinski definition) is 2. The second-order valence-corrected chi connectivity index (χ2v) is 3.29. The number of aliphatic carboxylic acids is 1. The first-order valence-corrected chi connectivity index (χ1v) is 4.57. The lowest BCUT2D eigenvalue weighted by Crippen LogP contribution is -2.26. The molecule has 18 heavy (non-hydrogen) atoms. The fourth-order valence-corrected chi connectivity index (χ4v) is 1.23. The number of rotatable bonds is 4. The van der Waals surface area contributed by atoms with E-state index in [1.165, 1.54) is 0 Å². The molecule has 0 bridgehead atoms. The summed E-state index contributed by atoms with van der Waals surface area (Å²) in [5.41, 5.74) is -0.967. The highest BCUT2D eigenvalue weighted by Gasteiger charge is 2.43. The zero-order valence-electron chi connectivity index (χ0n) is 8.67. The highest BCUT2D eigenvalue weighted by Crippen LogP contribution is 2.37. The van der Waals surface area contributed by atoms with Gasteiger partial charge in [-0.1, -0.05) is 6.07 Å². The number of carboxylic acids is 1. The van der Waals surface area contributed by atoms with Crippen molar-refractivity contribution in [1.82, 2.24) is 0 Å². The molecule has 0 aromatic heterocycles. The molecule has 1 aromatic carbocycles. The molecule has 3 nitrogen and oxygen atoms in total. The molecule has 0 aliphatic carbocycles. The molecule has 0 heterocycles. The summed E-state index contributed by atoms with van der Waals surface area (Å²) in [5.74, 6) is -4.13. The molecule has 0 saturated carbocycles. The fraction of sp³-hybridized carbons (Fsp3) is 0.300. The Labute approximate surface area is 97.8 Å². The summed E-state index contributed by atoms with van der Waals surface area (Å²) in [6.07, 6.45) is -7.76. The van der Waals surface area contributed by atoms with Gasteiger partial charge in [-0.25, -0.2) is 13.6 Å². The lowest BCUT2D eigenvalue weighted by Gasteiger charge is -2.20. The van der Waals surface area contributed by atoms with Crippen molar-refractivity contribution in [3.63, 3.8) is 0 Å². The van der Waals surface area contributed by atoms with E-state index in [-0.39, 0.29) is 6.07 Å². The van der Waals surface area contributed by atoms with Crippen molar-refractivity contribution in [3.8, 4) is 0 Å². The Balaban J connectivity index is 3.06. The van der Waals surface area contributed by atoms with Gasteiger partial charge in [0, 0.05) is 11.6 Å². The van der Waals surface area contributed by atoms with E-state index >= 15 is 0 Å². The average molecular weight is 270 g/mol. The maximum atomic E-state index is 13.2. The maximum Gasteiger partial charge on any atom is 0.418 e. The van der Waals surface area contributed by atoms with Gasteiger partial charge >= 0.3 is 12.1 Å². The molecule has 0 radical (unpaired) electrons. The zero-order chi connectivity index (χ0) is 13.9. The average Bonchev–Trinajstić information content (AvgIpc) is 2.18. The van der Waals surface area contributed by atoms with Crippen LogP contribution in [-0.4, -0.2) is 23.9 Å². The van der Waals surface area contributed by atoms with Gasteiger partial charge in [0.15, 0.2) is 6.10 Å². The van der Waals surface area contributed by atoms with Gasteiger partial charge in [0.05, 0.1) is 0 Å². The zero-order valence-corrected chi connectivity index (χ0v) is 8.67. The lowest BCUT2D eigenvalue weighted by atomic mass is 10.1. The van der Waals surface area contributed by atoms with Gasteiger partial charge in [0.1, 0.15) is 18.2 Å². The Morgan fingerprint density at radius 3 is 2.39 bits per heavy atom. The van der Waals surface area contributed by atoms with Crippen LogP contribution < -0.4 is 0 Å². The van der Waals surface area contributed by atoms with E-state index in [0.717, 1.165) is 0 Å². The maximum absolute atomic E-state index is 13.2. The van der Waals surface area contributed by atoms with Crippen molar-refractivity contribution >= 4 is 5.97 Å². The summed E-state index contributed by atoms with van der Waals surface area (Å²) in [4.78, 5) is 10.2. The molecule has 100 valence electrons. The third-order valence-corrected chi connectivity index (χ3v) is 1.92. The van der Waals surface area contributed by atoms with Gasteiger partial charge < -0.3 is 9.84 Å². The molecular formula is C10H7F5O3. The SMILES string of the molecule is O=C(O)CO[C@H](c1ccc(F)cc1F)C(F)(F)F. The van der Waals surface area contributed by atoms with Crippen molar-refractivity contribution in [1.29, 1.82) is 0 Å². The van der Waals surface area contributed by atoms with Crippen molar-refractivity contribution in [2.24, 2.45) is 0 Å². The number of ether oxygens (including phenoxy) is 1. The highest BCUT2D eigenvalue weighted by atomic mass is 19.4. The number of benzene rings is 1. The molecular weight excluding hydrogens is 263 g/mol. The minimum Gasteiger partial charge on any atom is -0.480 e. The lowest BCUT2D eigenvalue weighted by molar-refractivity contribution is -0.225. The minimum atomic E-state index is -5.01. The first-order chi connectivity index (χ1) is 8.21. The van der Waals surface area contributed by atoms with Gasteiger partial charge in [0.2, 0.25) is 0 Å². The Morgan fingerprint density at radius 1 is 1.33 bits per heavy atom. The second kappa shape index (κ2) is 5.30. The third kappa shape index (κ3) is 3.66. The van der Waals surface area contributed by atoms with Gasteiger partial charge in [-0.05, 0) is 6.07 Å². The number of alkyl halides is 3. The Morgan fingerprint density at radius 2 is 1.94 bits per heavy atom. The van der Waals surface area contributed by atoms with Gasteiger partial charge in [-0.3, -0.25) is 0 Å². The molecule has 0 amide bonds. The smallest absolute Gasteiger partial charge is 0.418 e. The van der Waals surface area contributed by atoms with E-state index in [1.54, 1.807) is 0 Å². The van der Waals surface area contributed by atoms with Crippen molar-refractivity contribution in [3.05, 3.63) is 35.4 Å². The van der Waals surface area contributed by atoms with Gasteiger partial charge in [-0.15, -0.1) is 0 Å². The predicted octanol–water partition coefficient (Wildman–Crippen LogP) is 2.67. The molecule has 1 atom stereocenters. The molecule has 0 unspecified atom stereocenters. The van der Waals surface area contributed by atoms with Gasteiger partial charge in [0.25, 0.3) is 0 Å². The Hall–Kier alpha value is -1.70. The summed E-state index contributed by atoms with van der Waals surface area (Å²) in [7, 11) is 0. The molecule has 0 fully saturated rings. The third-order valence-electron chi connectivity index (χ3n) is 1.92. The van der Waals surface area contributed by atoms with E-state index in [2.05, 4.69) is 4.74 Å². The van der Waals surface area contributed by atoms with Crippen LogP contribution in [0.5, 0.6) is 0 Å². The summed E-state index contributed by atoms with van der Waals surface area (Å²) in [6, 6.07) is 1.45. The number of halogens is 5. The highest BCUT2D eigenvalue weighted by molar-refractivity contribution is 5.68. The van der Waals surface area contributed by atoms with E-state index in [9.17, 15) is 26.7 Å². The monoisotopic (exact) mass is 270 g/mol. The molecule has 8 heteroatoms. The summed E-state index contributed by atoms with van der Waals surface area (Å²) in [5, 5.41) is 8.24. The molecule has 0 spiro atoms. The molecule has 1 N–H and O–H groups in total. The van der Waals surface area contributed by atoms with Crippen LogP contribution in [0.3, 0.4) is 0 Å². The summed E-state index contributed by atoms with van der Waals surface area (Å²) < 4.78 is 67.5. The molecule has 0 aliphatic heterocycles. The first-order valence-electron chi connectivity index (χ1n) is 4.57. The summed E-state index contributed by atoms with van der Waals surface area (Å²) >= 11 is 0. The number of carboxylic acid groups (broad SMARTS) is 1. The Kier molecular flexibility index (Phi) is 4.23. The normalized spacial score (nSPS) is 13.4. The Bertz CT molecular complexity index is 444. The quantitative estimate of drug-likeness (QED) is 0.855. The van der Waals surface area contributed by atoms with Crippen LogP contribution in [-0.2, 0) is 9.53 Å². The predicted molar refractivity (Wildman–Crippen MR) is 48.7 cm³/mol. The fourth-order valence-electron chi connectivity index (χ4n) is 1.23. The molecule has 0 aliphatic rings. The van der Waals surface area contributed by atoms with Crippen molar-refractivity contribution < 1.29 is 36.6 Å². The largest absolute Gasteiger partial charge is 0.480 e. The summed E-state index contributed by atoms with van der Waals surface area (Å²) in [6.45, 7) is -1.25. The van der Waals surface area contributed by atoms with Crippen LogP contribution in [0.25, 0.3) is 0 Å². The number of carbonyl (C=O) groups is 1. The molecule has 0 saturated heterocycles. The number of hydrogen-bond donors (Lipinski definition) is 1. The van der Waals surface area contributed by atoms with Crippen LogP contribution in [0.2, 0.25) is 0 Å². The molecule has 1 rings (SSSR count). The molecule has 1 aromatic rings. The van der Waals surface area contributed by atoms with E-state index in [1.807, 2.05) is 0 Å². The van der Waals surface area contributed by atoms with Crippen LogP contribution in [0, 0.1) is 11.6 Å². The van der Waals surface area contributed by atoms with E-state index in [4.69, 9.17) is 5.11 Å². The van der Waals surface area contributed by atoms with Crippen molar-refractivity contribution in [2.45, 2.75) is 12.3 Å².